The van der Waals surface area contributed by atoms with Crippen molar-refractivity contribution < 1.29 is 8.42 Å². The second kappa shape index (κ2) is 5.69. The maximum atomic E-state index is 11.4. The van der Waals surface area contributed by atoms with Crippen molar-refractivity contribution >= 4 is 33.2 Å². The van der Waals surface area contributed by atoms with E-state index in [1.54, 1.807) is 0 Å². The van der Waals surface area contributed by atoms with Crippen LogP contribution >= 0.6 is 23.2 Å². The summed E-state index contributed by atoms with van der Waals surface area (Å²) in [4.78, 5) is 3.97. The van der Waals surface area contributed by atoms with Gasteiger partial charge in [0.15, 0.2) is 0 Å². The van der Waals surface area contributed by atoms with Crippen LogP contribution in [0.1, 0.15) is 5.69 Å². The summed E-state index contributed by atoms with van der Waals surface area (Å²) in [7, 11) is -3.39. The van der Waals surface area contributed by atoms with E-state index in [0.29, 0.717) is 15.7 Å². The molecule has 0 radical (unpaired) electrons. The van der Waals surface area contributed by atoms with E-state index in [9.17, 15) is 8.42 Å². The lowest BCUT2D eigenvalue weighted by Gasteiger charge is -2.17. The van der Waals surface area contributed by atoms with Gasteiger partial charge in [-0.25, -0.2) is 8.42 Å². The highest BCUT2D eigenvalue weighted by molar-refractivity contribution is 7.88. The molecule has 7 heteroatoms. The number of hydrogen-bond donors (Lipinski definition) is 0. The summed E-state index contributed by atoms with van der Waals surface area (Å²) in [5, 5.41) is 0.699. The van der Waals surface area contributed by atoms with Crippen molar-refractivity contribution in [3.63, 3.8) is 0 Å². The van der Waals surface area contributed by atoms with Crippen LogP contribution < -0.4 is 0 Å². The fourth-order valence-corrected chi connectivity index (χ4v) is 2.22. The van der Waals surface area contributed by atoms with Gasteiger partial charge in [0.2, 0.25) is 10.0 Å². The second-order valence-electron chi connectivity index (χ2n) is 3.32. The maximum Gasteiger partial charge on any atom is 0.212 e. The first-order chi connectivity index (χ1) is 7.84. The third kappa shape index (κ3) is 4.17. The van der Waals surface area contributed by atoms with Gasteiger partial charge in [0.25, 0.3) is 0 Å². The summed E-state index contributed by atoms with van der Waals surface area (Å²) in [6.45, 7) is -0.00148. The fourth-order valence-electron chi connectivity index (χ4n) is 1.12. The van der Waals surface area contributed by atoms with Gasteiger partial charge >= 0.3 is 0 Å². The lowest BCUT2D eigenvalue weighted by Crippen LogP contribution is -2.30. The van der Waals surface area contributed by atoms with Crippen LogP contribution in [0.25, 0.3) is 0 Å². The van der Waals surface area contributed by atoms with E-state index in [4.69, 9.17) is 29.6 Å². The molecule has 0 amide bonds. The van der Waals surface area contributed by atoms with Crippen LogP contribution in [0.15, 0.2) is 12.3 Å². The zero-order valence-corrected chi connectivity index (χ0v) is 11.3. The van der Waals surface area contributed by atoms with Gasteiger partial charge in [-0.2, -0.15) is 4.31 Å². The Labute approximate surface area is 111 Å². The lowest BCUT2D eigenvalue weighted by molar-refractivity contribution is 0.443. The van der Waals surface area contributed by atoms with Crippen LogP contribution in [0.5, 0.6) is 0 Å². The van der Waals surface area contributed by atoms with E-state index >= 15 is 0 Å². The maximum absolute atomic E-state index is 11.4. The molecule has 0 atom stereocenters. The number of sulfonamides is 1. The molecule has 4 nitrogen and oxygen atoms in total. The Kier molecular flexibility index (Phi) is 4.78. The molecule has 0 saturated heterocycles. The topological polar surface area (TPSA) is 50.3 Å². The van der Waals surface area contributed by atoms with Gasteiger partial charge in [-0.3, -0.25) is 4.98 Å². The van der Waals surface area contributed by atoms with Gasteiger partial charge in [0.1, 0.15) is 0 Å². The van der Waals surface area contributed by atoms with Crippen molar-refractivity contribution in [3.05, 3.63) is 28.0 Å². The van der Waals surface area contributed by atoms with Crippen LogP contribution in [0.4, 0.5) is 0 Å². The smallest absolute Gasteiger partial charge is 0.212 e. The minimum atomic E-state index is -3.39. The number of pyridine rings is 1. The molecule has 0 unspecified atom stereocenters. The van der Waals surface area contributed by atoms with E-state index < -0.39 is 10.0 Å². The Bertz CT molecular complexity index is 552. The Balaban J connectivity index is 2.99. The van der Waals surface area contributed by atoms with Gasteiger partial charge in [-0.05, 0) is 6.07 Å². The third-order valence-electron chi connectivity index (χ3n) is 1.95. The second-order valence-corrected chi connectivity index (χ2v) is 6.14. The summed E-state index contributed by atoms with van der Waals surface area (Å²) in [6, 6.07) is 1.50. The first-order valence-corrected chi connectivity index (χ1v) is 7.13. The minimum absolute atomic E-state index is 0.0268. The zero-order chi connectivity index (χ0) is 13.1. The fraction of sp³-hybridized carbons (Fsp3) is 0.300. The number of hydrogen-bond acceptors (Lipinski definition) is 3. The van der Waals surface area contributed by atoms with Crippen LogP contribution in [-0.4, -0.2) is 30.5 Å². The quantitative estimate of drug-likeness (QED) is 0.795. The van der Waals surface area contributed by atoms with Crippen molar-refractivity contribution in [1.82, 2.24) is 9.29 Å². The molecule has 0 bridgehead atoms. The molecule has 0 fully saturated rings. The summed E-state index contributed by atoms with van der Waals surface area (Å²) in [5.74, 6) is 2.28. The molecule has 1 aromatic heterocycles. The standard InChI is InChI=1S/C10H10Cl2N2O2S/c1-3-4-14(17(2,15)16)7-10-9(12)5-8(11)6-13-10/h1,5-6H,4,7H2,2H3. The third-order valence-corrected chi connectivity index (χ3v) is 3.68. The molecular formula is C10H10Cl2N2O2S. The van der Waals surface area contributed by atoms with Gasteiger partial charge in [0.05, 0.1) is 35.1 Å². The monoisotopic (exact) mass is 292 g/mol. The van der Waals surface area contributed by atoms with Crippen molar-refractivity contribution in [2.45, 2.75) is 6.54 Å². The normalized spacial score (nSPS) is 11.5. The van der Waals surface area contributed by atoms with Crippen LogP contribution in [0, 0.1) is 12.3 Å². The van der Waals surface area contributed by atoms with Crippen molar-refractivity contribution in [3.8, 4) is 12.3 Å². The van der Waals surface area contributed by atoms with Crippen LogP contribution in [0.3, 0.4) is 0 Å². The number of aromatic nitrogens is 1. The average molecular weight is 293 g/mol. The summed E-state index contributed by atoms with van der Waals surface area (Å²) in [5.41, 5.74) is 0.414. The van der Waals surface area contributed by atoms with Gasteiger partial charge in [-0.15, -0.1) is 6.42 Å². The minimum Gasteiger partial charge on any atom is -0.257 e. The van der Waals surface area contributed by atoms with Gasteiger partial charge in [0, 0.05) is 6.20 Å². The SMILES string of the molecule is C#CCN(Cc1ncc(Cl)cc1Cl)S(C)(=O)=O. The highest BCUT2D eigenvalue weighted by Crippen LogP contribution is 2.20. The number of nitrogens with zero attached hydrogens (tertiary/aromatic N) is 2. The Morgan fingerprint density at radius 3 is 2.65 bits per heavy atom. The van der Waals surface area contributed by atoms with Crippen molar-refractivity contribution in [2.75, 3.05) is 12.8 Å². The molecule has 0 N–H and O–H groups in total. The largest absolute Gasteiger partial charge is 0.257 e. The van der Waals surface area contributed by atoms with Crippen molar-refractivity contribution in [1.29, 1.82) is 0 Å². The lowest BCUT2D eigenvalue weighted by atomic mass is 10.3. The predicted octanol–water partition coefficient (Wildman–Crippen LogP) is 1.78. The van der Waals surface area contributed by atoms with E-state index in [1.165, 1.54) is 12.3 Å². The molecular weight excluding hydrogens is 283 g/mol. The molecule has 0 aliphatic heterocycles. The summed E-state index contributed by atoms with van der Waals surface area (Å²) in [6.07, 6.45) is 7.59. The molecule has 92 valence electrons. The Morgan fingerprint density at radius 1 is 1.53 bits per heavy atom. The zero-order valence-electron chi connectivity index (χ0n) is 9.02. The first-order valence-electron chi connectivity index (χ1n) is 4.53. The molecule has 17 heavy (non-hydrogen) atoms. The Hall–Kier alpha value is -0.800. The Morgan fingerprint density at radius 2 is 2.18 bits per heavy atom. The number of terminal acetylenes is 1. The molecule has 1 aromatic rings. The summed E-state index contributed by atoms with van der Waals surface area (Å²) >= 11 is 11.6. The van der Waals surface area contributed by atoms with Crippen LogP contribution in [0.2, 0.25) is 10.0 Å². The number of rotatable bonds is 4. The van der Waals surface area contributed by atoms with Crippen LogP contribution in [-0.2, 0) is 16.6 Å². The molecule has 0 aromatic carbocycles. The molecule has 0 aliphatic rings. The van der Waals surface area contributed by atoms with E-state index in [2.05, 4.69) is 10.9 Å². The first kappa shape index (κ1) is 14.3. The van der Waals surface area contributed by atoms with E-state index in [-0.39, 0.29) is 13.1 Å². The molecule has 0 saturated carbocycles. The average Bonchev–Trinajstić information content (AvgIpc) is 2.19. The highest BCUT2D eigenvalue weighted by Gasteiger charge is 2.18. The van der Waals surface area contributed by atoms with Crippen molar-refractivity contribution in [2.24, 2.45) is 0 Å². The molecule has 1 heterocycles. The van der Waals surface area contributed by atoms with Gasteiger partial charge in [-0.1, -0.05) is 29.1 Å². The highest BCUT2D eigenvalue weighted by atomic mass is 35.5. The predicted molar refractivity (Wildman–Crippen MR) is 68.3 cm³/mol. The van der Waals surface area contributed by atoms with Gasteiger partial charge < -0.3 is 0 Å². The van der Waals surface area contributed by atoms with E-state index in [1.807, 2.05) is 0 Å². The molecule has 0 spiro atoms. The molecule has 1 rings (SSSR count). The summed E-state index contributed by atoms with van der Waals surface area (Å²) < 4.78 is 24.0. The molecule has 0 aliphatic carbocycles. The van der Waals surface area contributed by atoms with E-state index in [0.717, 1.165) is 10.6 Å². The number of halogens is 2.